The Morgan fingerprint density at radius 2 is 1.89 bits per heavy atom. The van der Waals surface area contributed by atoms with Crippen LogP contribution in [0.3, 0.4) is 0 Å². The van der Waals surface area contributed by atoms with Crippen LogP contribution in [-0.4, -0.2) is 6.54 Å². The maximum atomic E-state index is 5.95. The second-order valence-electron chi connectivity index (χ2n) is 5.26. The van der Waals surface area contributed by atoms with Crippen molar-refractivity contribution in [2.24, 2.45) is 5.92 Å². The fourth-order valence-corrected chi connectivity index (χ4v) is 2.46. The van der Waals surface area contributed by atoms with E-state index in [1.165, 1.54) is 35.7 Å². The number of hydrogen-bond donors (Lipinski definition) is 2. The van der Waals surface area contributed by atoms with E-state index >= 15 is 0 Å². The number of hydrogen-bond acceptors (Lipinski definition) is 2. The van der Waals surface area contributed by atoms with Crippen molar-refractivity contribution < 1.29 is 0 Å². The molecule has 3 heteroatoms. The van der Waals surface area contributed by atoms with E-state index in [-0.39, 0.29) is 0 Å². The van der Waals surface area contributed by atoms with Crippen LogP contribution in [0.4, 0.5) is 11.4 Å². The van der Waals surface area contributed by atoms with Crippen LogP contribution in [0.5, 0.6) is 0 Å². The molecule has 0 atom stereocenters. The van der Waals surface area contributed by atoms with E-state index < -0.39 is 0 Å². The van der Waals surface area contributed by atoms with Gasteiger partial charge in [0.05, 0.1) is 11.4 Å². The van der Waals surface area contributed by atoms with Gasteiger partial charge in [-0.2, -0.15) is 0 Å². The lowest BCUT2D eigenvalue weighted by atomic mass is 10.0. The third-order valence-corrected chi connectivity index (χ3v) is 3.71. The zero-order valence-corrected chi connectivity index (χ0v) is 13.7. The summed E-state index contributed by atoms with van der Waals surface area (Å²) in [5.41, 5.74) is 7.87. The van der Waals surface area contributed by atoms with Crippen LogP contribution < -0.4 is 11.1 Å². The van der Waals surface area contributed by atoms with E-state index in [0.29, 0.717) is 0 Å². The SMILES string of the molecule is CC(C)CCCCCCNc1ccc(I)cc1N. The Labute approximate surface area is 125 Å². The molecule has 0 spiro atoms. The lowest BCUT2D eigenvalue weighted by Gasteiger charge is -2.09. The second kappa shape index (κ2) is 8.62. The number of unbranched alkanes of at least 4 members (excludes halogenated alkanes) is 3. The maximum Gasteiger partial charge on any atom is 0.0574 e. The molecule has 0 unspecified atom stereocenters. The second-order valence-corrected chi connectivity index (χ2v) is 6.50. The highest BCUT2D eigenvalue weighted by Crippen LogP contribution is 2.20. The minimum atomic E-state index is 0.842. The molecule has 0 fully saturated rings. The lowest BCUT2D eigenvalue weighted by Crippen LogP contribution is -2.04. The molecule has 0 aliphatic rings. The molecule has 0 radical (unpaired) electrons. The summed E-state index contributed by atoms with van der Waals surface area (Å²) in [6, 6.07) is 6.16. The van der Waals surface area contributed by atoms with Crippen molar-refractivity contribution in [3.05, 3.63) is 21.8 Å². The van der Waals surface area contributed by atoms with Gasteiger partial charge in [0.15, 0.2) is 0 Å². The molecule has 0 saturated carbocycles. The Kier molecular flexibility index (Phi) is 7.47. The molecule has 102 valence electrons. The molecule has 0 aromatic heterocycles. The van der Waals surface area contributed by atoms with Crippen LogP contribution >= 0.6 is 22.6 Å². The largest absolute Gasteiger partial charge is 0.397 e. The van der Waals surface area contributed by atoms with Gasteiger partial charge >= 0.3 is 0 Å². The number of nitrogens with one attached hydrogen (secondary N) is 1. The first-order valence-corrected chi connectivity index (χ1v) is 7.96. The first-order chi connectivity index (χ1) is 8.59. The van der Waals surface area contributed by atoms with Crippen molar-refractivity contribution in [2.45, 2.75) is 46.0 Å². The van der Waals surface area contributed by atoms with Gasteiger partial charge in [0.25, 0.3) is 0 Å². The number of rotatable bonds is 8. The van der Waals surface area contributed by atoms with Crippen LogP contribution in [0.2, 0.25) is 0 Å². The molecular formula is C15H25IN2. The highest BCUT2D eigenvalue weighted by Gasteiger charge is 1.99. The van der Waals surface area contributed by atoms with E-state index in [9.17, 15) is 0 Å². The van der Waals surface area contributed by atoms with E-state index in [1.54, 1.807) is 0 Å². The molecular weight excluding hydrogens is 335 g/mol. The Bertz CT molecular complexity index is 350. The Morgan fingerprint density at radius 1 is 1.17 bits per heavy atom. The fraction of sp³-hybridized carbons (Fsp3) is 0.600. The smallest absolute Gasteiger partial charge is 0.0574 e. The molecule has 0 bridgehead atoms. The minimum absolute atomic E-state index is 0.842. The van der Waals surface area contributed by atoms with Crippen molar-refractivity contribution in [1.29, 1.82) is 0 Å². The molecule has 1 aromatic carbocycles. The van der Waals surface area contributed by atoms with Crippen LogP contribution in [0, 0.1) is 9.49 Å². The highest BCUT2D eigenvalue weighted by molar-refractivity contribution is 14.1. The van der Waals surface area contributed by atoms with Gasteiger partial charge in [-0.05, 0) is 53.1 Å². The van der Waals surface area contributed by atoms with Gasteiger partial charge in [-0.15, -0.1) is 0 Å². The highest BCUT2D eigenvalue weighted by atomic mass is 127. The van der Waals surface area contributed by atoms with E-state index in [2.05, 4.69) is 53.9 Å². The third-order valence-electron chi connectivity index (χ3n) is 3.04. The van der Waals surface area contributed by atoms with Gasteiger partial charge in [0.1, 0.15) is 0 Å². The quantitative estimate of drug-likeness (QED) is 0.393. The first kappa shape index (κ1) is 15.6. The van der Waals surface area contributed by atoms with Crippen LogP contribution in [0.1, 0.15) is 46.0 Å². The zero-order valence-electron chi connectivity index (χ0n) is 11.5. The number of halogens is 1. The first-order valence-electron chi connectivity index (χ1n) is 6.88. The van der Waals surface area contributed by atoms with Crippen molar-refractivity contribution in [3.63, 3.8) is 0 Å². The molecule has 0 aliphatic carbocycles. The summed E-state index contributed by atoms with van der Waals surface area (Å²) in [4.78, 5) is 0. The van der Waals surface area contributed by atoms with Gasteiger partial charge in [0.2, 0.25) is 0 Å². The molecule has 3 N–H and O–H groups in total. The fourth-order valence-electron chi connectivity index (χ4n) is 1.95. The minimum Gasteiger partial charge on any atom is -0.397 e. The standard InChI is InChI=1S/C15H25IN2/c1-12(2)7-5-3-4-6-10-18-15-9-8-13(16)11-14(15)17/h8-9,11-12,18H,3-7,10,17H2,1-2H3. The van der Waals surface area contributed by atoms with Crippen LogP contribution in [-0.2, 0) is 0 Å². The summed E-state index contributed by atoms with van der Waals surface area (Å²) in [6.45, 7) is 5.61. The molecule has 0 amide bonds. The van der Waals surface area contributed by atoms with Crippen molar-refractivity contribution in [2.75, 3.05) is 17.6 Å². The number of nitrogen functional groups attached to an aromatic ring is 1. The molecule has 0 saturated heterocycles. The van der Waals surface area contributed by atoms with E-state index in [1.807, 2.05) is 6.07 Å². The van der Waals surface area contributed by atoms with Gasteiger partial charge in [-0.3, -0.25) is 0 Å². The van der Waals surface area contributed by atoms with Gasteiger partial charge in [0, 0.05) is 10.1 Å². The van der Waals surface area contributed by atoms with Crippen molar-refractivity contribution in [3.8, 4) is 0 Å². The average Bonchev–Trinajstić information content (AvgIpc) is 2.30. The lowest BCUT2D eigenvalue weighted by molar-refractivity contribution is 0.523. The molecule has 1 rings (SSSR count). The number of nitrogens with two attached hydrogens (primary N) is 1. The topological polar surface area (TPSA) is 38.0 Å². The van der Waals surface area contributed by atoms with Crippen LogP contribution in [0.15, 0.2) is 18.2 Å². The van der Waals surface area contributed by atoms with Gasteiger partial charge < -0.3 is 11.1 Å². The summed E-state index contributed by atoms with van der Waals surface area (Å²) in [5, 5.41) is 3.41. The monoisotopic (exact) mass is 360 g/mol. The van der Waals surface area contributed by atoms with Gasteiger partial charge in [-0.1, -0.05) is 39.5 Å². The average molecular weight is 360 g/mol. The summed E-state index contributed by atoms with van der Waals surface area (Å²) >= 11 is 2.28. The van der Waals surface area contributed by atoms with Crippen LogP contribution in [0.25, 0.3) is 0 Å². The zero-order chi connectivity index (χ0) is 13.4. The van der Waals surface area contributed by atoms with E-state index in [4.69, 9.17) is 5.73 Å². The number of anilines is 2. The third kappa shape index (κ3) is 6.47. The maximum absolute atomic E-state index is 5.95. The predicted molar refractivity (Wildman–Crippen MR) is 90.0 cm³/mol. The molecule has 1 aromatic rings. The van der Waals surface area contributed by atoms with Gasteiger partial charge in [-0.25, -0.2) is 0 Å². The summed E-state index contributed by atoms with van der Waals surface area (Å²) in [6.07, 6.45) is 6.61. The van der Waals surface area contributed by atoms with Crippen molar-refractivity contribution in [1.82, 2.24) is 0 Å². The van der Waals surface area contributed by atoms with E-state index in [0.717, 1.165) is 23.8 Å². The molecule has 0 heterocycles. The Balaban J connectivity index is 2.11. The summed E-state index contributed by atoms with van der Waals surface area (Å²) < 4.78 is 1.18. The van der Waals surface area contributed by atoms with Crippen molar-refractivity contribution >= 4 is 34.0 Å². The molecule has 18 heavy (non-hydrogen) atoms. The number of benzene rings is 1. The molecule has 2 nitrogen and oxygen atoms in total. The predicted octanol–water partition coefficient (Wildman–Crippen LogP) is 4.89. The summed E-state index contributed by atoms with van der Waals surface area (Å²) in [7, 11) is 0. The Hall–Kier alpha value is -0.450. The normalized spacial score (nSPS) is 10.9. The molecule has 0 aliphatic heterocycles. The summed E-state index contributed by atoms with van der Waals surface area (Å²) in [5.74, 6) is 0.842. The Morgan fingerprint density at radius 3 is 2.56 bits per heavy atom.